The van der Waals surface area contributed by atoms with Crippen LogP contribution in [0, 0.1) is 14.3 Å². The summed E-state index contributed by atoms with van der Waals surface area (Å²) in [5.74, 6) is 0.767. The molecule has 0 aromatic carbocycles. The highest BCUT2D eigenvalue weighted by molar-refractivity contribution is 14.1. The summed E-state index contributed by atoms with van der Waals surface area (Å²) in [5.41, 5.74) is 6.28. The lowest BCUT2D eigenvalue weighted by Gasteiger charge is -1.99. The molecule has 0 amide bonds. The molecule has 0 radical (unpaired) electrons. The van der Waals surface area contributed by atoms with Gasteiger partial charge in [-0.2, -0.15) is 0 Å². The van der Waals surface area contributed by atoms with Crippen molar-refractivity contribution in [2.75, 3.05) is 5.73 Å². The summed E-state index contributed by atoms with van der Waals surface area (Å²) >= 11 is 4.19. The van der Waals surface area contributed by atoms with Crippen LogP contribution in [0.2, 0.25) is 0 Å². The zero-order valence-corrected chi connectivity index (χ0v) is 9.54. The highest BCUT2D eigenvalue weighted by Gasteiger charge is 2.02. The van der Waals surface area contributed by atoms with E-state index in [9.17, 15) is 0 Å². The Labute approximate surface area is 86.1 Å². The molecule has 2 N–H and O–H groups in total. The third-order valence-electron chi connectivity index (χ3n) is 0.964. The van der Waals surface area contributed by atoms with E-state index in [1.165, 1.54) is 0 Å². The van der Waals surface area contributed by atoms with Gasteiger partial charge in [0.15, 0.2) is 0 Å². The topological polar surface area (TPSA) is 51.8 Å². The van der Waals surface area contributed by atoms with Crippen molar-refractivity contribution in [1.82, 2.24) is 9.97 Å². The summed E-state index contributed by atoms with van der Waals surface area (Å²) in [4.78, 5) is 8.16. The minimum absolute atomic E-state index is 0.673. The molecule has 54 valence electrons. The number of hydrogen-bond donors (Lipinski definition) is 1. The monoisotopic (exact) mass is 361 g/mol. The molecule has 1 aromatic rings. The van der Waals surface area contributed by atoms with Crippen molar-refractivity contribution < 1.29 is 0 Å². The van der Waals surface area contributed by atoms with Gasteiger partial charge in [0.25, 0.3) is 0 Å². The largest absolute Gasteiger partial charge is 0.394 e. The van der Waals surface area contributed by atoms with E-state index in [1.54, 1.807) is 0 Å². The van der Waals surface area contributed by atoms with Crippen molar-refractivity contribution in [3.63, 3.8) is 0 Å². The second-order valence-electron chi connectivity index (χ2n) is 1.77. The smallest absolute Gasteiger partial charge is 0.129 e. The van der Waals surface area contributed by atoms with Crippen LogP contribution in [0.4, 0.5) is 5.69 Å². The average Bonchev–Trinajstić information content (AvgIpc) is 1.82. The highest BCUT2D eigenvalue weighted by Crippen LogP contribution is 2.17. The number of aryl methyl sites for hydroxylation is 1. The summed E-state index contributed by atoms with van der Waals surface area (Å²) in [6, 6.07) is 0. The number of nitrogens with zero attached hydrogens (tertiary/aromatic N) is 2. The second kappa shape index (κ2) is 3.16. The van der Waals surface area contributed by atoms with E-state index < -0.39 is 0 Å². The fraction of sp³-hybridized carbons (Fsp3) is 0.200. The predicted molar refractivity (Wildman–Crippen MR) is 56.6 cm³/mol. The summed E-state index contributed by atoms with van der Waals surface area (Å²) in [6.45, 7) is 1.85. The van der Waals surface area contributed by atoms with Gasteiger partial charge in [-0.25, -0.2) is 9.97 Å². The second-order valence-corrected chi connectivity index (χ2v) is 3.81. The minimum Gasteiger partial charge on any atom is -0.394 e. The van der Waals surface area contributed by atoms with Gasteiger partial charge in [0.2, 0.25) is 0 Å². The first-order valence-corrected chi connectivity index (χ1v) is 4.72. The van der Waals surface area contributed by atoms with Crippen molar-refractivity contribution >= 4 is 50.9 Å². The molecular weight excluding hydrogens is 356 g/mol. The Bertz CT molecular complexity index is 238. The van der Waals surface area contributed by atoms with E-state index in [4.69, 9.17) is 5.73 Å². The van der Waals surface area contributed by atoms with Gasteiger partial charge in [-0.3, -0.25) is 0 Å². The first kappa shape index (κ1) is 8.44. The van der Waals surface area contributed by atoms with Crippen LogP contribution in [0.1, 0.15) is 5.82 Å². The Morgan fingerprint density at radius 3 is 2.00 bits per heavy atom. The third-order valence-corrected chi connectivity index (χ3v) is 2.61. The van der Waals surface area contributed by atoms with Crippen molar-refractivity contribution in [2.45, 2.75) is 6.92 Å². The van der Waals surface area contributed by atoms with Crippen LogP contribution in [0.5, 0.6) is 0 Å². The minimum atomic E-state index is 0.673. The van der Waals surface area contributed by atoms with E-state index in [1.807, 2.05) is 6.92 Å². The van der Waals surface area contributed by atoms with Crippen molar-refractivity contribution in [3.8, 4) is 0 Å². The van der Waals surface area contributed by atoms with Crippen LogP contribution in [0.25, 0.3) is 0 Å². The fourth-order valence-corrected chi connectivity index (χ4v) is 2.24. The molecular formula is C5H5I2N3. The normalized spacial score (nSPS) is 9.90. The molecule has 0 fully saturated rings. The summed E-state index contributed by atoms with van der Waals surface area (Å²) in [6.07, 6.45) is 0. The van der Waals surface area contributed by atoms with Gasteiger partial charge in [-0.1, -0.05) is 0 Å². The first-order chi connectivity index (χ1) is 4.61. The molecule has 1 rings (SSSR count). The Morgan fingerprint density at radius 2 is 1.60 bits per heavy atom. The molecule has 1 aromatic heterocycles. The Morgan fingerprint density at radius 1 is 1.20 bits per heavy atom. The third kappa shape index (κ3) is 1.68. The Hall–Kier alpha value is 0.340. The van der Waals surface area contributed by atoms with Crippen molar-refractivity contribution in [3.05, 3.63) is 13.2 Å². The van der Waals surface area contributed by atoms with E-state index >= 15 is 0 Å². The van der Waals surface area contributed by atoms with Crippen LogP contribution in [-0.2, 0) is 0 Å². The molecule has 0 atom stereocenters. The predicted octanol–water partition coefficient (Wildman–Crippen LogP) is 1.58. The van der Waals surface area contributed by atoms with E-state index in [-0.39, 0.29) is 0 Å². The highest BCUT2D eigenvalue weighted by atomic mass is 127. The molecule has 0 bridgehead atoms. The molecule has 0 aliphatic heterocycles. The zero-order chi connectivity index (χ0) is 7.72. The SMILES string of the molecule is Cc1nc(I)c(N)c(I)n1. The summed E-state index contributed by atoms with van der Waals surface area (Å²) in [5, 5.41) is 0. The number of nitrogen functional groups attached to an aromatic ring is 1. The number of aromatic nitrogens is 2. The zero-order valence-electron chi connectivity index (χ0n) is 5.23. The quantitative estimate of drug-likeness (QED) is 0.564. The number of rotatable bonds is 0. The van der Waals surface area contributed by atoms with Crippen LogP contribution < -0.4 is 5.73 Å². The molecule has 0 spiro atoms. The van der Waals surface area contributed by atoms with Crippen LogP contribution in [-0.4, -0.2) is 9.97 Å². The summed E-state index contributed by atoms with van der Waals surface area (Å²) < 4.78 is 1.66. The Kier molecular flexibility index (Phi) is 2.67. The van der Waals surface area contributed by atoms with Gasteiger partial charge in [-0.05, 0) is 52.1 Å². The maximum absolute atomic E-state index is 5.61. The lowest BCUT2D eigenvalue weighted by atomic mass is 10.5. The van der Waals surface area contributed by atoms with E-state index in [2.05, 4.69) is 55.1 Å². The number of halogens is 2. The number of anilines is 1. The fourth-order valence-electron chi connectivity index (χ4n) is 0.515. The van der Waals surface area contributed by atoms with Crippen molar-refractivity contribution in [2.24, 2.45) is 0 Å². The van der Waals surface area contributed by atoms with Crippen LogP contribution >= 0.6 is 45.2 Å². The Balaban J connectivity index is 3.31. The van der Waals surface area contributed by atoms with Gasteiger partial charge in [0.1, 0.15) is 13.2 Å². The van der Waals surface area contributed by atoms with Gasteiger partial charge < -0.3 is 5.73 Å². The van der Waals surface area contributed by atoms with Crippen LogP contribution in [0.3, 0.4) is 0 Å². The van der Waals surface area contributed by atoms with Gasteiger partial charge in [0.05, 0.1) is 5.69 Å². The van der Waals surface area contributed by atoms with Crippen molar-refractivity contribution in [1.29, 1.82) is 0 Å². The molecule has 0 aliphatic rings. The molecule has 10 heavy (non-hydrogen) atoms. The molecule has 0 saturated heterocycles. The van der Waals surface area contributed by atoms with Gasteiger partial charge >= 0.3 is 0 Å². The van der Waals surface area contributed by atoms with Gasteiger partial charge in [-0.15, -0.1) is 0 Å². The van der Waals surface area contributed by atoms with E-state index in [0.29, 0.717) is 5.69 Å². The standard InChI is InChI=1S/C5H5I2N3/c1-2-9-4(6)3(8)5(7)10-2/h8H2,1H3. The molecule has 0 aliphatic carbocycles. The molecule has 0 saturated carbocycles. The van der Waals surface area contributed by atoms with Crippen LogP contribution in [0.15, 0.2) is 0 Å². The molecule has 3 nitrogen and oxygen atoms in total. The number of nitrogens with two attached hydrogens (primary N) is 1. The summed E-state index contributed by atoms with van der Waals surface area (Å²) in [7, 11) is 0. The molecule has 1 heterocycles. The molecule has 0 unspecified atom stereocenters. The maximum atomic E-state index is 5.61. The lowest BCUT2D eigenvalue weighted by molar-refractivity contribution is 1.01. The number of hydrogen-bond acceptors (Lipinski definition) is 3. The average molecular weight is 361 g/mol. The van der Waals surface area contributed by atoms with Gasteiger partial charge in [0, 0.05) is 0 Å². The lowest BCUT2D eigenvalue weighted by Crippen LogP contribution is -2.01. The maximum Gasteiger partial charge on any atom is 0.129 e. The first-order valence-electron chi connectivity index (χ1n) is 2.56. The van der Waals surface area contributed by atoms with E-state index in [0.717, 1.165) is 13.2 Å². The molecule has 5 heteroatoms.